The summed E-state index contributed by atoms with van der Waals surface area (Å²) >= 11 is 5.77. The number of anilines is 1. The molecule has 0 saturated heterocycles. The highest BCUT2D eigenvalue weighted by Crippen LogP contribution is 2.37. The van der Waals surface area contributed by atoms with Crippen LogP contribution in [0.3, 0.4) is 0 Å². The first kappa shape index (κ1) is 17.0. The third kappa shape index (κ3) is 3.83. The van der Waals surface area contributed by atoms with Gasteiger partial charge in [0.25, 0.3) is 5.91 Å². The molecular weight excluding hydrogens is 357 g/mol. The van der Waals surface area contributed by atoms with Crippen LogP contribution in [0.25, 0.3) is 11.3 Å². The first-order valence-corrected chi connectivity index (χ1v) is 7.41. The average Bonchev–Trinajstić information content (AvgIpc) is 3.02. The number of nitrogens with zero attached hydrogens (tertiary/aromatic N) is 1. The van der Waals surface area contributed by atoms with Gasteiger partial charge in [-0.3, -0.25) is 9.78 Å². The molecule has 8 heteroatoms. The summed E-state index contributed by atoms with van der Waals surface area (Å²) in [4.78, 5) is 16.1. The van der Waals surface area contributed by atoms with Crippen LogP contribution in [-0.4, -0.2) is 10.9 Å². The highest BCUT2D eigenvalue weighted by atomic mass is 35.5. The van der Waals surface area contributed by atoms with Crippen LogP contribution < -0.4 is 5.32 Å². The molecular formula is C17H10ClF3N2O2. The highest BCUT2D eigenvalue weighted by Gasteiger charge is 2.40. The van der Waals surface area contributed by atoms with Gasteiger partial charge < -0.3 is 9.73 Å². The van der Waals surface area contributed by atoms with Crippen LogP contribution in [0.5, 0.6) is 0 Å². The normalized spacial score (nSPS) is 11.4. The Morgan fingerprint density at radius 3 is 2.48 bits per heavy atom. The van der Waals surface area contributed by atoms with Crippen molar-refractivity contribution in [2.75, 3.05) is 5.32 Å². The molecule has 1 amide bonds. The fraction of sp³-hybridized carbons (Fsp3) is 0.0588. The van der Waals surface area contributed by atoms with Gasteiger partial charge in [0.1, 0.15) is 5.76 Å². The Morgan fingerprint density at radius 1 is 1.16 bits per heavy atom. The van der Waals surface area contributed by atoms with E-state index >= 15 is 0 Å². The molecule has 0 atom stereocenters. The number of nitrogens with one attached hydrogen (secondary N) is 1. The Labute approximate surface area is 145 Å². The number of aromatic nitrogens is 1. The summed E-state index contributed by atoms with van der Waals surface area (Å²) < 4.78 is 44.6. The minimum Gasteiger partial charge on any atom is -0.451 e. The molecule has 2 aromatic heterocycles. The second-order valence-electron chi connectivity index (χ2n) is 5.05. The van der Waals surface area contributed by atoms with Crippen LogP contribution in [0.4, 0.5) is 18.9 Å². The maximum Gasteiger partial charge on any atom is 0.450 e. The van der Waals surface area contributed by atoms with E-state index < -0.39 is 23.4 Å². The molecule has 0 bridgehead atoms. The maximum atomic E-state index is 13.2. The summed E-state index contributed by atoms with van der Waals surface area (Å²) in [6.07, 6.45) is -2.01. The lowest BCUT2D eigenvalue weighted by atomic mass is 10.1. The number of hydrogen-bond acceptors (Lipinski definition) is 3. The van der Waals surface area contributed by atoms with Crippen LogP contribution in [-0.2, 0) is 6.18 Å². The number of carbonyl (C=O) groups is 1. The van der Waals surface area contributed by atoms with Crippen LogP contribution >= 0.6 is 11.6 Å². The molecule has 0 saturated carbocycles. The first-order chi connectivity index (χ1) is 11.8. The van der Waals surface area contributed by atoms with Crippen molar-refractivity contribution in [2.45, 2.75) is 6.18 Å². The standard InChI is InChI=1S/C17H10ClF3N2O2/c18-11-5-3-10(4-6-11)14-8-13(15(25-14)17(19,20)21)16(24)23-12-2-1-7-22-9-12/h1-9H,(H,23,24). The Morgan fingerprint density at radius 2 is 1.88 bits per heavy atom. The molecule has 0 aliphatic carbocycles. The van der Waals surface area contributed by atoms with Gasteiger partial charge in [0.05, 0.1) is 17.4 Å². The van der Waals surface area contributed by atoms with Crippen molar-refractivity contribution in [3.05, 3.63) is 71.2 Å². The molecule has 0 aliphatic heterocycles. The molecule has 0 radical (unpaired) electrons. The molecule has 0 aliphatic rings. The number of rotatable bonds is 3. The fourth-order valence-electron chi connectivity index (χ4n) is 2.16. The van der Waals surface area contributed by atoms with E-state index in [9.17, 15) is 18.0 Å². The van der Waals surface area contributed by atoms with E-state index in [0.717, 1.165) is 6.07 Å². The summed E-state index contributed by atoms with van der Waals surface area (Å²) in [5.41, 5.74) is 0.0338. The van der Waals surface area contributed by atoms with Gasteiger partial charge in [-0.15, -0.1) is 0 Å². The third-order valence-electron chi connectivity index (χ3n) is 3.28. The lowest BCUT2D eigenvalue weighted by Gasteiger charge is -2.07. The molecule has 0 spiro atoms. The Kier molecular flexibility index (Phi) is 4.50. The molecule has 1 aromatic carbocycles. The molecule has 1 N–H and O–H groups in total. The van der Waals surface area contributed by atoms with Crippen LogP contribution in [0.1, 0.15) is 16.1 Å². The lowest BCUT2D eigenvalue weighted by Crippen LogP contribution is -2.16. The summed E-state index contributed by atoms with van der Waals surface area (Å²) in [7, 11) is 0. The van der Waals surface area contributed by atoms with Crippen molar-refractivity contribution in [3.63, 3.8) is 0 Å². The van der Waals surface area contributed by atoms with Crippen LogP contribution in [0.2, 0.25) is 5.02 Å². The molecule has 3 aromatic rings. The number of hydrogen-bond donors (Lipinski definition) is 1. The van der Waals surface area contributed by atoms with Crippen molar-refractivity contribution in [3.8, 4) is 11.3 Å². The molecule has 2 heterocycles. The average molecular weight is 367 g/mol. The van der Waals surface area contributed by atoms with Crippen molar-refractivity contribution < 1.29 is 22.4 Å². The molecule has 25 heavy (non-hydrogen) atoms. The van der Waals surface area contributed by atoms with Gasteiger partial charge in [0, 0.05) is 16.8 Å². The molecule has 0 unspecified atom stereocenters. The van der Waals surface area contributed by atoms with Crippen molar-refractivity contribution in [1.29, 1.82) is 0 Å². The largest absolute Gasteiger partial charge is 0.451 e. The van der Waals surface area contributed by atoms with E-state index in [2.05, 4.69) is 10.3 Å². The third-order valence-corrected chi connectivity index (χ3v) is 3.53. The fourth-order valence-corrected chi connectivity index (χ4v) is 2.29. The minimum absolute atomic E-state index is 0.0830. The van der Waals surface area contributed by atoms with Gasteiger partial charge in [-0.2, -0.15) is 13.2 Å². The van der Waals surface area contributed by atoms with Gasteiger partial charge in [-0.05, 0) is 42.5 Å². The van der Waals surface area contributed by atoms with Crippen LogP contribution in [0.15, 0.2) is 59.3 Å². The summed E-state index contributed by atoms with van der Waals surface area (Å²) in [5.74, 6) is -2.39. The highest BCUT2D eigenvalue weighted by molar-refractivity contribution is 6.30. The zero-order chi connectivity index (χ0) is 18.0. The summed E-state index contributed by atoms with van der Waals surface area (Å²) in [5, 5.41) is 2.79. The van der Waals surface area contributed by atoms with Crippen LogP contribution in [0, 0.1) is 0 Å². The van der Waals surface area contributed by atoms with E-state index in [0.29, 0.717) is 10.6 Å². The second-order valence-corrected chi connectivity index (χ2v) is 5.49. The monoisotopic (exact) mass is 366 g/mol. The van der Waals surface area contributed by atoms with Gasteiger partial charge in [-0.25, -0.2) is 0 Å². The van der Waals surface area contributed by atoms with Crippen molar-refractivity contribution >= 4 is 23.2 Å². The zero-order valence-corrected chi connectivity index (χ0v) is 13.2. The summed E-state index contributed by atoms with van der Waals surface area (Å²) in [6, 6.07) is 10.2. The molecule has 3 rings (SSSR count). The molecule has 4 nitrogen and oxygen atoms in total. The van der Waals surface area contributed by atoms with E-state index in [1.54, 1.807) is 6.07 Å². The number of pyridine rings is 1. The number of alkyl halides is 3. The van der Waals surface area contributed by atoms with E-state index in [1.165, 1.54) is 42.7 Å². The Balaban J connectivity index is 1.99. The molecule has 128 valence electrons. The SMILES string of the molecule is O=C(Nc1cccnc1)c1cc(-c2ccc(Cl)cc2)oc1C(F)(F)F. The number of furan rings is 1. The number of benzene rings is 1. The topological polar surface area (TPSA) is 55.1 Å². The van der Waals surface area contributed by atoms with Crippen molar-refractivity contribution in [2.24, 2.45) is 0 Å². The zero-order valence-electron chi connectivity index (χ0n) is 12.5. The maximum absolute atomic E-state index is 13.2. The Bertz CT molecular complexity index is 891. The number of carbonyl (C=O) groups excluding carboxylic acids is 1. The minimum atomic E-state index is -4.81. The smallest absolute Gasteiger partial charge is 0.450 e. The summed E-state index contributed by atoms with van der Waals surface area (Å²) in [6.45, 7) is 0. The predicted octanol–water partition coefficient (Wildman–Crippen LogP) is 5.27. The van der Waals surface area contributed by atoms with Gasteiger partial charge in [0.2, 0.25) is 5.76 Å². The quantitative estimate of drug-likeness (QED) is 0.687. The van der Waals surface area contributed by atoms with Crippen molar-refractivity contribution in [1.82, 2.24) is 4.98 Å². The Hall–Kier alpha value is -2.80. The van der Waals surface area contributed by atoms with E-state index in [4.69, 9.17) is 16.0 Å². The number of amides is 1. The second kappa shape index (κ2) is 6.60. The lowest BCUT2D eigenvalue weighted by molar-refractivity contribution is -0.153. The van der Waals surface area contributed by atoms with Gasteiger partial charge >= 0.3 is 6.18 Å². The predicted molar refractivity (Wildman–Crippen MR) is 86.3 cm³/mol. The van der Waals surface area contributed by atoms with Gasteiger partial charge in [-0.1, -0.05) is 11.6 Å². The number of halogens is 4. The van der Waals surface area contributed by atoms with E-state index in [-0.39, 0.29) is 11.4 Å². The van der Waals surface area contributed by atoms with E-state index in [1.807, 2.05) is 0 Å². The molecule has 0 fully saturated rings. The van der Waals surface area contributed by atoms with Gasteiger partial charge in [0.15, 0.2) is 0 Å². The first-order valence-electron chi connectivity index (χ1n) is 7.03.